The number of nitro groups is 1. The molecular weight excluding hydrogens is 250 g/mol. The van der Waals surface area contributed by atoms with E-state index >= 15 is 0 Å². The molecule has 0 radical (unpaired) electrons. The molecule has 0 aliphatic rings. The predicted octanol–water partition coefficient (Wildman–Crippen LogP) is 1.67. The van der Waals surface area contributed by atoms with Crippen molar-refractivity contribution in [1.29, 1.82) is 0 Å². The number of hydrogen-bond acceptors (Lipinski definition) is 5. The van der Waals surface area contributed by atoms with Crippen molar-refractivity contribution in [2.75, 3.05) is 12.4 Å². The van der Waals surface area contributed by atoms with E-state index < -0.39 is 10.5 Å². The summed E-state index contributed by atoms with van der Waals surface area (Å²) in [6, 6.07) is 4.22. The monoisotopic (exact) mass is 267 g/mol. The quantitative estimate of drug-likeness (QED) is 0.623. The molecule has 0 bridgehead atoms. The van der Waals surface area contributed by atoms with E-state index in [1.54, 1.807) is 13.8 Å². The molecule has 1 amide bonds. The number of benzene rings is 1. The van der Waals surface area contributed by atoms with Crippen LogP contribution in [0.15, 0.2) is 18.2 Å². The van der Waals surface area contributed by atoms with Crippen LogP contribution in [0.1, 0.15) is 20.3 Å². The smallest absolute Gasteiger partial charge is 0.312 e. The third-order valence-corrected chi connectivity index (χ3v) is 2.28. The maximum absolute atomic E-state index is 11.7. The molecule has 0 aromatic heterocycles. The molecule has 3 N–H and O–H groups in total. The maximum Gasteiger partial charge on any atom is 0.312 e. The van der Waals surface area contributed by atoms with Gasteiger partial charge < -0.3 is 15.8 Å². The Morgan fingerprint density at radius 3 is 2.63 bits per heavy atom. The highest BCUT2D eigenvalue weighted by Gasteiger charge is 2.19. The Morgan fingerprint density at radius 1 is 1.53 bits per heavy atom. The molecule has 7 heteroatoms. The number of nitrogens with zero attached hydrogens (tertiary/aromatic N) is 1. The van der Waals surface area contributed by atoms with E-state index in [-0.39, 0.29) is 23.8 Å². The average Bonchev–Trinajstić information content (AvgIpc) is 2.26. The fourth-order valence-electron chi connectivity index (χ4n) is 1.53. The molecule has 7 nitrogen and oxygen atoms in total. The maximum atomic E-state index is 11.7. The Kier molecular flexibility index (Phi) is 4.44. The highest BCUT2D eigenvalue weighted by Crippen LogP contribution is 2.29. The summed E-state index contributed by atoms with van der Waals surface area (Å²) in [7, 11) is 1.34. The van der Waals surface area contributed by atoms with E-state index in [9.17, 15) is 14.9 Å². The van der Waals surface area contributed by atoms with Gasteiger partial charge in [-0.05, 0) is 26.0 Å². The number of carbonyl (C=O) groups excluding carboxylic acids is 1. The van der Waals surface area contributed by atoms with E-state index in [2.05, 4.69) is 5.32 Å². The van der Waals surface area contributed by atoms with E-state index in [0.29, 0.717) is 5.69 Å². The zero-order valence-corrected chi connectivity index (χ0v) is 11.1. The number of anilines is 1. The van der Waals surface area contributed by atoms with Crippen LogP contribution in [0.4, 0.5) is 11.4 Å². The summed E-state index contributed by atoms with van der Waals surface area (Å²) in [5, 5.41) is 13.4. The number of nitro benzene ring substituents is 1. The zero-order chi connectivity index (χ0) is 14.6. The van der Waals surface area contributed by atoms with Gasteiger partial charge in [-0.3, -0.25) is 14.9 Å². The van der Waals surface area contributed by atoms with Gasteiger partial charge in [0.2, 0.25) is 5.91 Å². The summed E-state index contributed by atoms with van der Waals surface area (Å²) in [6.45, 7) is 3.45. The third kappa shape index (κ3) is 4.55. The van der Waals surface area contributed by atoms with Crippen LogP contribution < -0.4 is 15.8 Å². The highest BCUT2D eigenvalue weighted by molar-refractivity contribution is 5.91. The lowest BCUT2D eigenvalue weighted by Gasteiger charge is -2.17. The summed E-state index contributed by atoms with van der Waals surface area (Å²) in [6.07, 6.45) is 0.118. The first kappa shape index (κ1) is 14.9. The van der Waals surface area contributed by atoms with Crippen molar-refractivity contribution in [1.82, 2.24) is 0 Å². The first-order valence-corrected chi connectivity index (χ1v) is 5.64. The van der Waals surface area contributed by atoms with Crippen molar-refractivity contribution in [2.24, 2.45) is 5.73 Å². The van der Waals surface area contributed by atoms with Crippen LogP contribution in [-0.2, 0) is 4.79 Å². The Morgan fingerprint density at radius 2 is 2.16 bits per heavy atom. The molecule has 0 spiro atoms. The lowest BCUT2D eigenvalue weighted by atomic mass is 10.0. The van der Waals surface area contributed by atoms with Gasteiger partial charge >= 0.3 is 5.69 Å². The van der Waals surface area contributed by atoms with Crippen LogP contribution in [0.5, 0.6) is 5.75 Å². The van der Waals surface area contributed by atoms with Gasteiger partial charge in [-0.25, -0.2) is 0 Å². The average molecular weight is 267 g/mol. The van der Waals surface area contributed by atoms with Crippen LogP contribution in [-0.4, -0.2) is 23.5 Å². The van der Waals surface area contributed by atoms with Crippen LogP contribution in [0.25, 0.3) is 0 Å². The second-order valence-corrected chi connectivity index (χ2v) is 4.86. The lowest BCUT2D eigenvalue weighted by molar-refractivity contribution is -0.385. The van der Waals surface area contributed by atoms with Crippen molar-refractivity contribution in [3.8, 4) is 5.75 Å². The van der Waals surface area contributed by atoms with E-state index in [4.69, 9.17) is 10.5 Å². The molecule has 0 aliphatic carbocycles. The Hall–Kier alpha value is -2.15. The van der Waals surface area contributed by atoms with Crippen molar-refractivity contribution >= 4 is 17.3 Å². The van der Waals surface area contributed by atoms with Gasteiger partial charge in [-0.2, -0.15) is 0 Å². The van der Waals surface area contributed by atoms with Crippen LogP contribution >= 0.6 is 0 Å². The van der Waals surface area contributed by atoms with E-state index in [0.717, 1.165) is 0 Å². The Balaban J connectivity index is 2.88. The second kappa shape index (κ2) is 5.66. The van der Waals surface area contributed by atoms with Crippen molar-refractivity contribution in [2.45, 2.75) is 25.8 Å². The normalized spacial score (nSPS) is 10.9. The topological polar surface area (TPSA) is 107 Å². The number of hydrogen-bond donors (Lipinski definition) is 2. The summed E-state index contributed by atoms with van der Waals surface area (Å²) in [5.41, 5.74) is 5.22. The minimum absolute atomic E-state index is 0.118. The number of rotatable bonds is 5. The molecule has 0 fully saturated rings. The molecule has 1 aromatic rings. The predicted molar refractivity (Wildman–Crippen MR) is 71.2 cm³/mol. The van der Waals surface area contributed by atoms with Gasteiger partial charge in [0, 0.05) is 23.7 Å². The standard InChI is InChI=1S/C12H17N3O4/c1-12(2,13)7-11(16)14-8-4-5-10(19-3)9(6-8)15(17)18/h4-6H,7,13H2,1-3H3,(H,14,16). The number of nitrogens with two attached hydrogens (primary N) is 1. The molecule has 0 atom stereocenters. The molecular formula is C12H17N3O4. The molecule has 104 valence electrons. The van der Waals surface area contributed by atoms with Crippen LogP contribution in [0.3, 0.4) is 0 Å². The first-order valence-electron chi connectivity index (χ1n) is 5.64. The number of amides is 1. The number of ether oxygens (including phenoxy) is 1. The van der Waals surface area contributed by atoms with Gasteiger partial charge in [-0.15, -0.1) is 0 Å². The molecule has 0 saturated heterocycles. The Bertz CT molecular complexity index is 494. The van der Waals surface area contributed by atoms with E-state index in [1.807, 2.05) is 0 Å². The second-order valence-electron chi connectivity index (χ2n) is 4.86. The highest BCUT2D eigenvalue weighted by atomic mass is 16.6. The summed E-state index contributed by atoms with van der Waals surface area (Å²) >= 11 is 0. The van der Waals surface area contributed by atoms with Gasteiger partial charge in [0.25, 0.3) is 0 Å². The molecule has 19 heavy (non-hydrogen) atoms. The fraction of sp³-hybridized carbons (Fsp3) is 0.417. The van der Waals surface area contributed by atoms with Gasteiger partial charge in [0.05, 0.1) is 12.0 Å². The minimum atomic E-state index is -0.636. The van der Waals surface area contributed by atoms with Crippen molar-refractivity contribution in [3.63, 3.8) is 0 Å². The van der Waals surface area contributed by atoms with Gasteiger partial charge in [-0.1, -0.05) is 0 Å². The van der Waals surface area contributed by atoms with Gasteiger partial charge in [0.1, 0.15) is 0 Å². The summed E-state index contributed by atoms with van der Waals surface area (Å²) in [5.74, 6) is -0.158. The van der Waals surface area contributed by atoms with Gasteiger partial charge in [0.15, 0.2) is 5.75 Å². The lowest BCUT2D eigenvalue weighted by Crippen LogP contribution is -2.36. The molecule has 0 heterocycles. The zero-order valence-electron chi connectivity index (χ0n) is 11.1. The molecule has 0 unspecified atom stereocenters. The van der Waals surface area contributed by atoms with Crippen LogP contribution in [0.2, 0.25) is 0 Å². The molecule has 1 aromatic carbocycles. The largest absolute Gasteiger partial charge is 0.490 e. The summed E-state index contributed by atoms with van der Waals surface area (Å²) in [4.78, 5) is 21.9. The molecule has 0 saturated carbocycles. The SMILES string of the molecule is COc1ccc(NC(=O)CC(C)(C)N)cc1[N+](=O)[O-]. The summed E-state index contributed by atoms with van der Waals surface area (Å²) < 4.78 is 4.87. The number of carbonyl (C=O) groups is 1. The fourth-order valence-corrected chi connectivity index (χ4v) is 1.53. The third-order valence-electron chi connectivity index (χ3n) is 2.28. The van der Waals surface area contributed by atoms with Crippen LogP contribution in [0, 0.1) is 10.1 Å². The molecule has 1 rings (SSSR count). The molecule has 0 aliphatic heterocycles. The number of methoxy groups -OCH3 is 1. The number of nitrogens with one attached hydrogen (secondary N) is 1. The van der Waals surface area contributed by atoms with E-state index in [1.165, 1.54) is 25.3 Å². The van der Waals surface area contributed by atoms with Crippen molar-refractivity contribution < 1.29 is 14.5 Å². The Labute approximate surface area is 110 Å². The minimum Gasteiger partial charge on any atom is -0.490 e. The first-order chi connectivity index (χ1) is 8.73. The van der Waals surface area contributed by atoms with Crippen molar-refractivity contribution in [3.05, 3.63) is 28.3 Å².